The van der Waals surface area contributed by atoms with Gasteiger partial charge in [0.1, 0.15) is 0 Å². The minimum Gasteiger partial charge on any atom is -0.394 e. The van der Waals surface area contributed by atoms with Gasteiger partial charge in [0.25, 0.3) is 0 Å². The van der Waals surface area contributed by atoms with Gasteiger partial charge in [-0.15, -0.1) is 0 Å². The highest BCUT2D eigenvalue weighted by Crippen LogP contribution is 2.26. The molecule has 178 valence electrons. The molecule has 0 saturated carbocycles. The number of aromatic nitrogens is 2. The fourth-order valence-corrected chi connectivity index (χ4v) is 4.24. The number of nitrogens with zero attached hydrogens (tertiary/aromatic N) is 3. The van der Waals surface area contributed by atoms with E-state index in [-0.39, 0.29) is 24.7 Å². The van der Waals surface area contributed by atoms with Gasteiger partial charge in [-0.3, -0.25) is 0 Å². The fraction of sp³-hybridized carbons (Fsp3) is 0.320. The van der Waals surface area contributed by atoms with Crippen molar-refractivity contribution < 1.29 is 9.90 Å². The number of halogens is 2. The Labute approximate surface area is 209 Å². The molecule has 2 aromatic carbocycles. The monoisotopic (exact) mass is 499 g/mol. The van der Waals surface area contributed by atoms with Crippen LogP contribution >= 0.6 is 23.2 Å². The highest BCUT2D eigenvalue weighted by Gasteiger charge is 2.24. The molecule has 0 saturated heterocycles. The predicted molar refractivity (Wildman–Crippen MR) is 134 cm³/mol. The maximum Gasteiger partial charge on any atom is 0.318 e. The molecule has 0 fully saturated rings. The highest BCUT2D eigenvalue weighted by atomic mass is 35.5. The maximum absolute atomic E-state index is 12.9. The topological polar surface area (TPSA) is 90.4 Å². The third-order valence-corrected chi connectivity index (χ3v) is 6.63. The largest absolute Gasteiger partial charge is 0.394 e. The first-order valence-electron chi connectivity index (χ1n) is 11.2. The van der Waals surface area contributed by atoms with Crippen LogP contribution in [0.4, 0.5) is 10.7 Å². The second-order valence-electron chi connectivity index (χ2n) is 8.40. The van der Waals surface area contributed by atoms with Gasteiger partial charge in [-0.05, 0) is 48.6 Å². The molecule has 0 radical (unpaired) electrons. The minimum atomic E-state index is -0.227. The maximum atomic E-state index is 12.9. The Balaban J connectivity index is 1.39. The SMILES string of the molecule is CC(NC(=O)N1CCc2cnc(NC(CO)Cc3ccccc3)nc2C1)c1ccc(Cl)c(Cl)c1. The summed E-state index contributed by atoms with van der Waals surface area (Å²) in [4.78, 5) is 23.7. The molecule has 9 heteroatoms. The van der Waals surface area contributed by atoms with Crippen molar-refractivity contribution in [2.45, 2.75) is 38.4 Å². The van der Waals surface area contributed by atoms with Gasteiger partial charge < -0.3 is 20.6 Å². The number of nitrogens with one attached hydrogen (secondary N) is 2. The number of hydrogen-bond acceptors (Lipinski definition) is 5. The number of urea groups is 1. The molecule has 2 unspecified atom stereocenters. The molecule has 34 heavy (non-hydrogen) atoms. The number of fused-ring (bicyclic) bond motifs is 1. The lowest BCUT2D eigenvalue weighted by molar-refractivity contribution is 0.188. The zero-order valence-corrected chi connectivity index (χ0v) is 20.4. The molecule has 3 N–H and O–H groups in total. The zero-order chi connectivity index (χ0) is 24.1. The van der Waals surface area contributed by atoms with Crippen molar-refractivity contribution >= 4 is 35.2 Å². The lowest BCUT2D eigenvalue weighted by atomic mass is 10.1. The summed E-state index contributed by atoms with van der Waals surface area (Å²) >= 11 is 12.1. The number of anilines is 1. The second-order valence-corrected chi connectivity index (χ2v) is 9.21. The zero-order valence-electron chi connectivity index (χ0n) is 18.8. The number of rotatable bonds is 7. The Morgan fingerprint density at radius 1 is 1.18 bits per heavy atom. The lowest BCUT2D eigenvalue weighted by Gasteiger charge is -2.30. The average molecular weight is 500 g/mol. The van der Waals surface area contributed by atoms with E-state index in [1.165, 1.54) is 0 Å². The first kappa shape index (κ1) is 24.3. The summed E-state index contributed by atoms with van der Waals surface area (Å²) in [7, 11) is 0. The Morgan fingerprint density at radius 3 is 2.71 bits per heavy atom. The molecular weight excluding hydrogens is 473 g/mol. The van der Waals surface area contributed by atoms with Crippen molar-refractivity contribution in [3.8, 4) is 0 Å². The summed E-state index contributed by atoms with van der Waals surface area (Å²) < 4.78 is 0. The standard InChI is InChI=1S/C25H27Cl2N5O2/c1-16(18-7-8-21(26)22(27)12-18)29-25(34)32-10-9-19-13-28-24(31-23(19)14-32)30-20(15-33)11-17-5-3-2-4-6-17/h2-8,12-13,16,20,33H,9-11,14-15H2,1H3,(H,29,34)(H,28,30,31). The molecule has 4 rings (SSSR count). The van der Waals surface area contributed by atoms with Crippen LogP contribution in [0.3, 0.4) is 0 Å². The van der Waals surface area contributed by atoms with E-state index < -0.39 is 0 Å². The van der Waals surface area contributed by atoms with Crippen molar-refractivity contribution in [2.75, 3.05) is 18.5 Å². The van der Waals surface area contributed by atoms with Crippen LogP contribution in [0.1, 0.15) is 35.3 Å². The number of amides is 2. The minimum absolute atomic E-state index is 0.0452. The van der Waals surface area contributed by atoms with Crippen LogP contribution in [-0.4, -0.2) is 45.2 Å². The first-order chi connectivity index (χ1) is 16.4. The summed E-state index contributed by atoms with van der Waals surface area (Å²) in [6, 6.07) is 14.7. The molecule has 0 bridgehead atoms. The Kier molecular flexibility index (Phi) is 7.88. The van der Waals surface area contributed by atoms with Crippen molar-refractivity contribution in [2.24, 2.45) is 0 Å². The van der Waals surface area contributed by atoms with Gasteiger partial charge in [0.05, 0.1) is 41.0 Å². The van der Waals surface area contributed by atoms with E-state index in [1.807, 2.05) is 43.3 Å². The predicted octanol–water partition coefficient (Wildman–Crippen LogP) is 4.63. The molecule has 1 aliphatic rings. The summed E-state index contributed by atoms with van der Waals surface area (Å²) in [6.45, 7) is 2.82. The number of aliphatic hydroxyl groups is 1. The molecule has 1 aromatic heterocycles. The first-order valence-corrected chi connectivity index (χ1v) is 11.9. The van der Waals surface area contributed by atoms with Crippen LogP contribution in [0.2, 0.25) is 10.0 Å². The smallest absolute Gasteiger partial charge is 0.318 e. The van der Waals surface area contributed by atoms with Gasteiger partial charge in [-0.1, -0.05) is 59.6 Å². The molecular formula is C25H27Cl2N5O2. The van der Waals surface area contributed by atoms with Crippen molar-refractivity contribution in [1.29, 1.82) is 0 Å². The van der Waals surface area contributed by atoms with E-state index in [1.54, 1.807) is 23.2 Å². The quantitative estimate of drug-likeness (QED) is 0.440. The number of hydrogen-bond donors (Lipinski definition) is 3. The number of carbonyl (C=O) groups is 1. The summed E-state index contributed by atoms with van der Waals surface area (Å²) in [5.41, 5.74) is 3.82. The van der Waals surface area contributed by atoms with Crippen LogP contribution < -0.4 is 10.6 Å². The molecule has 2 heterocycles. The number of benzene rings is 2. The third kappa shape index (κ3) is 5.97. The molecule has 0 aliphatic carbocycles. The Hall–Kier alpha value is -2.87. The van der Waals surface area contributed by atoms with Gasteiger partial charge in [-0.2, -0.15) is 0 Å². The number of carbonyl (C=O) groups excluding carboxylic acids is 1. The van der Waals surface area contributed by atoms with Crippen molar-refractivity contribution in [1.82, 2.24) is 20.2 Å². The lowest BCUT2D eigenvalue weighted by Crippen LogP contribution is -2.44. The molecule has 0 spiro atoms. The summed E-state index contributed by atoms with van der Waals surface area (Å²) in [5, 5.41) is 17.0. The second kappa shape index (κ2) is 11.0. The average Bonchev–Trinajstić information content (AvgIpc) is 2.85. The van der Waals surface area contributed by atoms with E-state index in [0.717, 1.165) is 22.4 Å². The fourth-order valence-electron chi connectivity index (χ4n) is 3.93. The van der Waals surface area contributed by atoms with Crippen LogP contribution in [0.15, 0.2) is 54.7 Å². The van der Waals surface area contributed by atoms with Crippen LogP contribution in [-0.2, 0) is 19.4 Å². The van der Waals surface area contributed by atoms with E-state index in [2.05, 4.69) is 20.6 Å². The molecule has 2 atom stereocenters. The van der Waals surface area contributed by atoms with Crippen LogP contribution in [0, 0.1) is 0 Å². The van der Waals surface area contributed by atoms with E-state index >= 15 is 0 Å². The molecule has 7 nitrogen and oxygen atoms in total. The van der Waals surface area contributed by atoms with Crippen LogP contribution in [0.5, 0.6) is 0 Å². The van der Waals surface area contributed by atoms with Gasteiger partial charge in [0, 0.05) is 12.7 Å². The van der Waals surface area contributed by atoms with Crippen molar-refractivity contribution in [3.05, 3.63) is 87.2 Å². The summed E-state index contributed by atoms with van der Waals surface area (Å²) in [5.74, 6) is 0.445. The highest BCUT2D eigenvalue weighted by molar-refractivity contribution is 6.42. The van der Waals surface area contributed by atoms with Gasteiger partial charge in [0.15, 0.2) is 0 Å². The number of aliphatic hydroxyl groups excluding tert-OH is 1. The normalized spacial score (nSPS) is 14.8. The summed E-state index contributed by atoms with van der Waals surface area (Å²) in [6.07, 6.45) is 3.13. The third-order valence-electron chi connectivity index (χ3n) is 5.90. The van der Waals surface area contributed by atoms with Crippen molar-refractivity contribution in [3.63, 3.8) is 0 Å². The Morgan fingerprint density at radius 2 is 1.97 bits per heavy atom. The molecule has 3 aromatic rings. The van der Waals surface area contributed by atoms with Gasteiger partial charge >= 0.3 is 6.03 Å². The van der Waals surface area contributed by atoms with Gasteiger partial charge in [-0.25, -0.2) is 14.8 Å². The molecule has 1 aliphatic heterocycles. The molecule has 2 amide bonds. The van der Waals surface area contributed by atoms with E-state index in [9.17, 15) is 9.90 Å². The van der Waals surface area contributed by atoms with Gasteiger partial charge in [0.2, 0.25) is 5.95 Å². The van der Waals surface area contributed by atoms with E-state index in [0.29, 0.717) is 41.9 Å². The van der Waals surface area contributed by atoms with E-state index in [4.69, 9.17) is 23.2 Å². The van der Waals surface area contributed by atoms with Crippen LogP contribution in [0.25, 0.3) is 0 Å². The Bertz CT molecular complexity index is 1150.